The van der Waals surface area contributed by atoms with E-state index in [9.17, 15) is 4.79 Å². The molecule has 0 aliphatic carbocycles. The van der Waals surface area contributed by atoms with E-state index in [1.165, 1.54) is 0 Å². The molecule has 1 saturated heterocycles. The van der Waals surface area contributed by atoms with Crippen LogP contribution in [0, 0.1) is 13.8 Å². The second kappa shape index (κ2) is 5.88. The molecule has 4 heteroatoms. The van der Waals surface area contributed by atoms with Crippen LogP contribution in [0.2, 0.25) is 0 Å². The number of nitrogens with one attached hydrogen (secondary N) is 1. The van der Waals surface area contributed by atoms with E-state index in [-0.39, 0.29) is 5.78 Å². The van der Waals surface area contributed by atoms with Crippen LogP contribution in [0.3, 0.4) is 0 Å². The van der Waals surface area contributed by atoms with Crippen molar-refractivity contribution in [2.24, 2.45) is 0 Å². The molecule has 0 spiro atoms. The van der Waals surface area contributed by atoms with Crippen molar-refractivity contribution in [3.63, 3.8) is 0 Å². The van der Waals surface area contributed by atoms with Gasteiger partial charge in [-0.3, -0.25) is 9.69 Å². The molecule has 0 atom stereocenters. The van der Waals surface area contributed by atoms with Crippen LogP contribution >= 0.6 is 0 Å². The summed E-state index contributed by atoms with van der Waals surface area (Å²) in [5, 5.41) is 0. The van der Waals surface area contributed by atoms with E-state index < -0.39 is 0 Å². The lowest BCUT2D eigenvalue weighted by Gasteiger charge is -2.34. The Bertz CT molecular complexity index is 442. The van der Waals surface area contributed by atoms with Gasteiger partial charge >= 0.3 is 0 Å². The van der Waals surface area contributed by atoms with Gasteiger partial charge in [0.25, 0.3) is 0 Å². The number of likely N-dealkylation sites (tertiary alicyclic amines) is 1. The van der Waals surface area contributed by atoms with E-state index in [0.717, 1.165) is 42.9 Å². The number of hydrogen-bond acceptors (Lipinski definition) is 3. The Balaban J connectivity index is 1.89. The molecule has 0 amide bonds. The molecule has 19 heavy (non-hydrogen) atoms. The van der Waals surface area contributed by atoms with Gasteiger partial charge in [-0.1, -0.05) is 0 Å². The first kappa shape index (κ1) is 14.3. The smallest absolute Gasteiger partial charge is 0.178 e. The maximum atomic E-state index is 12.3. The fraction of sp³-hybridized carbons (Fsp3) is 0.667. The van der Waals surface area contributed by atoms with Crippen LogP contribution in [0.4, 0.5) is 0 Å². The average Bonchev–Trinajstić information content (AvgIpc) is 2.69. The number of aromatic amines is 1. The molecule has 0 aromatic carbocycles. The summed E-state index contributed by atoms with van der Waals surface area (Å²) in [6.45, 7) is 6.57. The van der Waals surface area contributed by atoms with Gasteiger partial charge in [0, 0.05) is 36.1 Å². The van der Waals surface area contributed by atoms with Gasteiger partial charge in [-0.15, -0.1) is 0 Å². The zero-order valence-electron chi connectivity index (χ0n) is 12.5. The summed E-state index contributed by atoms with van der Waals surface area (Å²) in [6.07, 6.45) is 2.32. The minimum Gasteiger partial charge on any atom is -0.362 e. The second-order valence-corrected chi connectivity index (χ2v) is 5.89. The average molecular weight is 263 g/mol. The van der Waals surface area contributed by atoms with Crippen molar-refractivity contribution >= 4 is 5.78 Å². The molecule has 0 radical (unpaired) electrons. The lowest BCUT2D eigenvalue weighted by molar-refractivity contribution is 0.0873. The predicted octanol–water partition coefficient (Wildman–Crippen LogP) is 1.84. The van der Waals surface area contributed by atoms with E-state index in [4.69, 9.17) is 0 Å². The summed E-state index contributed by atoms with van der Waals surface area (Å²) < 4.78 is 0. The topological polar surface area (TPSA) is 39.3 Å². The number of piperidine rings is 1. The van der Waals surface area contributed by atoms with E-state index in [1.54, 1.807) is 0 Å². The van der Waals surface area contributed by atoms with E-state index in [0.29, 0.717) is 12.6 Å². The number of ketones is 1. The van der Waals surface area contributed by atoms with Gasteiger partial charge in [-0.2, -0.15) is 0 Å². The van der Waals surface area contributed by atoms with E-state index in [1.807, 2.05) is 19.9 Å². The molecule has 1 aromatic rings. The highest BCUT2D eigenvalue weighted by Crippen LogP contribution is 2.16. The number of carbonyl (C=O) groups excluding carboxylic acids is 1. The normalized spacial score (nSPS) is 18.2. The maximum absolute atomic E-state index is 12.3. The molecular formula is C15H25N3O. The number of rotatable bonds is 4. The number of hydrogen-bond donors (Lipinski definition) is 1. The van der Waals surface area contributed by atoms with Gasteiger partial charge < -0.3 is 9.88 Å². The summed E-state index contributed by atoms with van der Waals surface area (Å²) >= 11 is 0. The van der Waals surface area contributed by atoms with Crippen LogP contribution < -0.4 is 0 Å². The van der Waals surface area contributed by atoms with Crippen molar-refractivity contribution in [2.45, 2.75) is 32.7 Å². The van der Waals surface area contributed by atoms with Crippen LogP contribution in [0.5, 0.6) is 0 Å². The largest absolute Gasteiger partial charge is 0.362 e. The molecule has 106 valence electrons. The highest BCUT2D eigenvalue weighted by molar-refractivity contribution is 5.98. The lowest BCUT2D eigenvalue weighted by atomic mass is 10.0. The van der Waals surface area contributed by atoms with Crippen LogP contribution in [0.1, 0.15) is 34.6 Å². The number of nitrogens with zero attached hydrogens (tertiary/aromatic N) is 2. The van der Waals surface area contributed by atoms with Gasteiger partial charge in [-0.25, -0.2) is 0 Å². The van der Waals surface area contributed by atoms with Gasteiger partial charge in [0.1, 0.15) is 0 Å². The summed E-state index contributed by atoms with van der Waals surface area (Å²) in [5.41, 5.74) is 2.91. The Morgan fingerprint density at radius 3 is 2.47 bits per heavy atom. The van der Waals surface area contributed by atoms with Crippen LogP contribution in [0.25, 0.3) is 0 Å². The standard InChI is InChI=1S/C15H25N3O/c1-11-9-14(12(2)16-11)15(19)10-18-7-5-13(6-8-18)17(3)4/h9,13,16H,5-8,10H2,1-4H3. The number of aromatic nitrogens is 1. The number of Topliss-reactive ketones (excluding diaryl/α,β-unsaturated/α-hetero) is 1. The van der Waals surface area contributed by atoms with Crippen LogP contribution in [0.15, 0.2) is 6.07 Å². The van der Waals surface area contributed by atoms with Gasteiger partial charge in [0.15, 0.2) is 5.78 Å². The third kappa shape index (κ3) is 3.45. The van der Waals surface area contributed by atoms with Crippen molar-refractivity contribution in [3.8, 4) is 0 Å². The molecular weight excluding hydrogens is 238 g/mol. The van der Waals surface area contributed by atoms with Crippen LogP contribution in [-0.2, 0) is 0 Å². The SMILES string of the molecule is Cc1cc(C(=O)CN2CCC(N(C)C)CC2)c(C)[nH]1. The zero-order chi connectivity index (χ0) is 14.0. The third-order valence-electron chi connectivity index (χ3n) is 4.10. The van der Waals surface area contributed by atoms with Crippen molar-refractivity contribution in [3.05, 3.63) is 23.0 Å². The molecule has 1 aliphatic rings. The first-order valence-electron chi connectivity index (χ1n) is 7.05. The fourth-order valence-electron chi connectivity index (χ4n) is 2.90. The summed E-state index contributed by atoms with van der Waals surface area (Å²) in [5.74, 6) is 0.241. The molecule has 0 unspecified atom stereocenters. The van der Waals surface area contributed by atoms with Crippen molar-refractivity contribution in [1.29, 1.82) is 0 Å². The Labute approximate surface area is 115 Å². The molecule has 0 bridgehead atoms. The minimum absolute atomic E-state index is 0.241. The van der Waals surface area contributed by atoms with Gasteiger partial charge in [-0.05, 0) is 46.9 Å². The predicted molar refractivity (Wildman–Crippen MR) is 77.7 cm³/mol. The molecule has 1 aliphatic heterocycles. The first-order valence-corrected chi connectivity index (χ1v) is 7.05. The highest BCUT2D eigenvalue weighted by atomic mass is 16.1. The molecule has 4 nitrogen and oxygen atoms in total. The summed E-state index contributed by atoms with van der Waals surface area (Å²) in [7, 11) is 4.27. The summed E-state index contributed by atoms with van der Waals surface area (Å²) in [4.78, 5) is 20.1. The zero-order valence-corrected chi connectivity index (χ0v) is 12.5. The Kier molecular flexibility index (Phi) is 4.42. The van der Waals surface area contributed by atoms with Crippen LogP contribution in [-0.4, -0.2) is 60.3 Å². The summed E-state index contributed by atoms with van der Waals surface area (Å²) in [6, 6.07) is 2.63. The second-order valence-electron chi connectivity index (χ2n) is 5.89. The maximum Gasteiger partial charge on any atom is 0.178 e. The highest BCUT2D eigenvalue weighted by Gasteiger charge is 2.23. The Morgan fingerprint density at radius 1 is 1.37 bits per heavy atom. The minimum atomic E-state index is 0.241. The van der Waals surface area contributed by atoms with Gasteiger partial charge in [0.05, 0.1) is 6.54 Å². The van der Waals surface area contributed by atoms with Crippen molar-refractivity contribution in [1.82, 2.24) is 14.8 Å². The Hall–Kier alpha value is -1.13. The monoisotopic (exact) mass is 263 g/mol. The lowest BCUT2D eigenvalue weighted by Crippen LogP contribution is -2.43. The number of aryl methyl sites for hydroxylation is 2. The Morgan fingerprint density at radius 2 is 2.00 bits per heavy atom. The molecule has 1 fully saturated rings. The molecule has 1 N–H and O–H groups in total. The molecule has 2 rings (SSSR count). The van der Waals surface area contributed by atoms with Gasteiger partial charge in [0.2, 0.25) is 0 Å². The van der Waals surface area contributed by atoms with E-state index >= 15 is 0 Å². The third-order valence-corrected chi connectivity index (χ3v) is 4.10. The van der Waals surface area contributed by atoms with Crippen molar-refractivity contribution < 1.29 is 4.79 Å². The van der Waals surface area contributed by atoms with E-state index in [2.05, 4.69) is 28.9 Å². The van der Waals surface area contributed by atoms with Crippen molar-refractivity contribution in [2.75, 3.05) is 33.7 Å². The quantitative estimate of drug-likeness (QED) is 0.843. The molecule has 2 heterocycles. The number of H-pyrrole nitrogens is 1. The molecule has 0 saturated carbocycles. The number of carbonyl (C=O) groups is 1. The fourth-order valence-corrected chi connectivity index (χ4v) is 2.90. The first-order chi connectivity index (χ1) is 8.97. The molecule has 1 aromatic heterocycles.